The molecule has 2 rings (SSSR count). The van der Waals surface area contributed by atoms with Crippen molar-refractivity contribution in [1.82, 2.24) is 10.2 Å². The van der Waals surface area contributed by atoms with Crippen LogP contribution >= 0.6 is 0 Å². The van der Waals surface area contributed by atoms with E-state index in [1.54, 1.807) is 0 Å². The molecule has 0 aromatic heterocycles. The first-order chi connectivity index (χ1) is 9.08. The van der Waals surface area contributed by atoms with Gasteiger partial charge >= 0.3 is 0 Å². The minimum absolute atomic E-state index is 0.111. The summed E-state index contributed by atoms with van der Waals surface area (Å²) in [6, 6.07) is 3.74. The number of carbonyl (C=O) groups excluding carboxylic acids is 1. The van der Waals surface area contributed by atoms with Crippen molar-refractivity contribution in [3.8, 4) is 5.75 Å². The summed E-state index contributed by atoms with van der Waals surface area (Å²) in [6.45, 7) is 1.59. The second-order valence-corrected chi connectivity index (χ2v) is 5.00. The third kappa shape index (κ3) is 3.44. The molecule has 1 aromatic rings. The van der Waals surface area contributed by atoms with Gasteiger partial charge in [0.15, 0.2) is 0 Å². The second-order valence-electron chi connectivity index (χ2n) is 5.00. The zero-order valence-electron chi connectivity index (χ0n) is 11.0. The Morgan fingerprint density at radius 1 is 1.53 bits per heavy atom. The Bertz CT molecular complexity index is 465. The highest BCUT2D eigenvalue weighted by Crippen LogP contribution is 2.18. The van der Waals surface area contributed by atoms with Crippen molar-refractivity contribution in [2.45, 2.75) is 25.3 Å². The van der Waals surface area contributed by atoms with E-state index in [1.165, 1.54) is 25.0 Å². The summed E-state index contributed by atoms with van der Waals surface area (Å²) in [5.41, 5.74) is 0.111. The van der Waals surface area contributed by atoms with Gasteiger partial charge in [0.25, 0.3) is 5.91 Å². The number of likely N-dealkylation sites (N-methyl/N-ethyl adjacent to an activating group) is 1. The van der Waals surface area contributed by atoms with E-state index in [-0.39, 0.29) is 17.2 Å². The standard InChI is InChI=1S/C14H19FN2O2/c1-17-7-3-2-4-11(17)9-16-14(19)12-6-5-10(15)8-13(12)18/h5-6,8,11,18H,2-4,7,9H2,1H3,(H,16,19). The molecule has 1 aromatic carbocycles. The van der Waals surface area contributed by atoms with Crippen molar-refractivity contribution in [3.05, 3.63) is 29.6 Å². The number of rotatable bonds is 3. The maximum atomic E-state index is 12.8. The average molecular weight is 266 g/mol. The lowest BCUT2D eigenvalue weighted by Crippen LogP contribution is -2.44. The molecule has 1 amide bonds. The number of hydrogen-bond acceptors (Lipinski definition) is 3. The van der Waals surface area contributed by atoms with E-state index >= 15 is 0 Å². The first-order valence-electron chi connectivity index (χ1n) is 6.55. The largest absolute Gasteiger partial charge is 0.507 e. The fourth-order valence-corrected chi connectivity index (χ4v) is 2.40. The highest BCUT2D eigenvalue weighted by Gasteiger charge is 2.20. The van der Waals surface area contributed by atoms with Crippen LogP contribution in [0.5, 0.6) is 5.75 Å². The Balaban J connectivity index is 1.93. The van der Waals surface area contributed by atoms with Crippen LogP contribution in [0.25, 0.3) is 0 Å². The molecule has 0 spiro atoms. The number of carbonyl (C=O) groups is 1. The molecule has 0 aliphatic carbocycles. The molecule has 19 heavy (non-hydrogen) atoms. The number of phenolic OH excluding ortho intramolecular Hbond substituents is 1. The van der Waals surface area contributed by atoms with Crippen molar-refractivity contribution in [1.29, 1.82) is 0 Å². The third-order valence-electron chi connectivity index (χ3n) is 3.62. The predicted molar refractivity (Wildman–Crippen MR) is 70.7 cm³/mol. The summed E-state index contributed by atoms with van der Waals surface area (Å²) in [7, 11) is 2.05. The quantitative estimate of drug-likeness (QED) is 0.876. The third-order valence-corrected chi connectivity index (χ3v) is 3.62. The molecule has 0 saturated carbocycles. The summed E-state index contributed by atoms with van der Waals surface area (Å²) in [5.74, 6) is -1.24. The normalized spacial score (nSPS) is 20.2. The number of benzene rings is 1. The van der Waals surface area contributed by atoms with E-state index in [0.717, 1.165) is 19.0 Å². The van der Waals surface area contributed by atoms with Crippen molar-refractivity contribution in [3.63, 3.8) is 0 Å². The molecule has 1 heterocycles. The van der Waals surface area contributed by atoms with E-state index in [0.29, 0.717) is 12.6 Å². The molecule has 0 bridgehead atoms. The maximum absolute atomic E-state index is 12.8. The van der Waals surface area contributed by atoms with Crippen LogP contribution in [0.1, 0.15) is 29.6 Å². The average Bonchev–Trinajstić information content (AvgIpc) is 2.37. The number of phenols is 1. The fraction of sp³-hybridized carbons (Fsp3) is 0.500. The molecule has 2 N–H and O–H groups in total. The van der Waals surface area contributed by atoms with Gasteiger partial charge in [-0.1, -0.05) is 6.42 Å². The van der Waals surface area contributed by atoms with Crippen LogP contribution in [0, 0.1) is 5.82 Å². The van der Waals surface area contributed by atoms with Crippen LogP contribution < -0.4 is 5.32 Å². The van der Waals surface area contributed by atoms with Crippen LogP contribution in [0.15, 0.2) is 18.2 Å². The smallest absolute Gasteiger partial charge is 0.255 e. The van der Waals surface area contributed by atoms with Gasteiger partial charge in [-0.15, -0.1) is 0 Å². The lowest BCUT2D eigenvalue weighted by atomic mass is 10.0. The Kier molecular flexibility index (Phi) is 4.37. The first kappa shape index (κ1) is 13.8. The van der Waals surface area contributed by atoms with Gasteiger partial charge in [0.05, 0.1) is 5.56 Å². The maximum Gasteiger partial charge on any atom is 0.255 e. The van der Waals surface area contributed by atoms with Crippen LogP contribution in [-0.4, -0.2) is 42.1 Å². The summed E-state index contributed by atoms with van der Waals surface area (Å²) in [4.78, 5) is 14.1. The number of nitrogens with zero attached hydrogens (tertiary/aromatic N) is 1. The van der Waals surface area contributed by atoms with Gasteiger partial charge < -0.3 is 15.3 Å². The number of nitrogens with one attached hydrogen (secondary N) is 1. The molecule has 1 saturated heterocycles. The minimum atomic E-state index is -0.555. The van der Waals surface area contributed by atoms with Gasteiger partial charge in [-0.25, -0.2) is 4.39 Å². The number of likely N-dealkylation sites (tertiary alicyclic amines) is 1. The Hall–Kier alpha value is -1.62. The number of hydrogen-bond donors (Lipinski definition) is 2. The fourth-order valence-electron chi connectivity index (χ4n) is 2.40. The molecule has 104 valence electrons. The molecule has 5 heteroatoms. The molecule has 1 aliphatic heterocycles. The molecular formula is C14H19FN2O2. The SMILES string of the molecule is CN1CCCCC1CNC(=O)c1ccc(F)cc1O. The summed E-state index contributed by atoms with van der Waals surface area (Å²) >= 11 is 0. The van der Waals surface area contributed by atoms with E-state index in [9.17, 15) is 14.3 Å². The molecular weight excluding hydrogens is 247 g/mol. The van der Waals surface area contributed by atoms with E-state index in [2.05, 4.69) is 10.2 Å². The Morgan fingerprint density at radius 3 is 3.00 bits per heavy atom. The Morgan fingerprint density at radius 2 is 2.32 bits per heavy atom. The monoisotopic (exact) mass is 266 g/mol. The Labute approximate surface area is 112 Å². The summed E-state index contributed by atoms with van der Waals surface area (Å²) < 4.78 is 12.8. The van der Waals surface area contributed by atoms with Crippen LogP contribution in [0.4, 0.5) is 4.39 Å². The van der Waals surface area contributed by atoms with Gasteiger partial charge in [0.1, 0.15) is 11.6 Å². The predicted octanol–water partition coefficient (Wildman–Crippen LogP) is 1.75. The zero-order valence-corrected chi connectivity index (χ0v) is 11.0. The lowest BCUT2D eigenvalue weighted by Gasteiger charge is -2.32. The van der Waals surface area contributed by atoms with Gasteiger partial charge in [0.2, 0.25) is 0 Å². The lowest BCUT2D eigenvalue weighted by molar-refractivity contribution is 0.0926. The summed E-state index contributed by atoms with van der Waals surface area (Å²) in [5, 5.41) is 12.3. The van der Waals surface area contributed by atoms with E-state index in [1.807, 2.05) is 7.05 Å². The van der Waals surface area contributed by atoms with Crippen LogP contribution in [-0.2, 0) is 0 Å². The minimum Gasteiger partial charge on any atom is -0.507 e. The molecule has 1 aliphatic rings. The summed E-state index contributed by atoms with van der Waals surface area (Å²) in [6.07, 6.45) is 3.43. The molecule has 4 nitrogen and oxygen atoms in total. The van der Waals surface area contributed by atoms with Gasteiger partial charge in [-0.05, 0) is 38.6 Å². The molecule has 1 atom stereocenters. The highest BCUT2D eigenvalue weighted by atomic mass is 19.1. The topological polar surface area (TPSA) is 52.6 Å². The van der Waals surface area contributed by atoms with Crippen molar-refractivity contribution >= 4 is 5.91 Å². The van der Waals surface area contributed by atoms with Gasteiger partial charge in [-0.2, -0.15) is 0 Å². The van der Waals surface area contributed by atoms with Gasteiger partial charge in [0, 0.05) is 18.7 Å². The molecule has 0 radical (unpaired) electrons. The van der Waals surface area contributed by atoms with Crippen molar-refractivity contribution in [2.75, 3.05) is 20.1 Å². The number of piperidine rings is 1. The van der Waals surface area contributed by atoms with Gasteiger partial charge in [-0.3, -0.25) is 4.79 Å². The number of aromatic hydroxyl groups is 1. The van der Waals surface area contributed by atoms with Crippen molar-refractivity contribution < 1.29 is 14.3 Å². The van der Waals surface area contributed by atoms with Crippen LogP contribution in [0.2, 0.25) is 0 Å². The molecule has 1 unspecified atom stereocenters. The molecule has 1 fully saturated rings. The number of amides is 1. The van der Waals surface area contributed by atoms with Crippen molar-refractivity contribution in [2.24, 2.45) is 0 Å². The first-order valence-corrected chi connectivity index (χ1v) is 6.55. The van der Waals surface area contributed by atoms with Crippen LogP contribution in [0.3, 0.4) is 0 Å². The highest BCUT2D eigenvalue weighted by molar-refractivity contribution is 5.96. The zero-order chi connectivity index (χ0) is 13.8. The second kappa shape index (κ2) is 6.02. The number of halogens is 1. The van der Waals surface area contributed by atoms with E-state index < -0.39 is 5.82 Å². The van der Waals surface area contributed by atoms with E-state index in [4.69, 9.17) is 0 Å².